The van der Waals surface area contributed by atoms with E-state index in [0.717, 1.165) is 31.5 Å². The molecule has 1 amide bonds. The summed E-state index contributed by atoms with van der Waals surface area (Å²) < 4.78 is 10.8. The van der Waals surface area contributed by atoms with Crippen molar-refractivity contribution in [2.75, 3.05) is 27.3 Å². The normalized spacial score (nSPS) is 15.1. The SMILES string of the molecule is COc1cc(C(=O)N2CCC(c3ccccc3)CC2)cc(OC)c1C. The summed E-state index contributed by atoms with van der Waals surface area (Å²) in [5, 5.41) is 0. The van der Waals surface area contributed by atoms with Crippen LogP contribution >= 0.6 is 0 Å². The number of benzene rings is 2. The minimum absolute atomic E-state index is 0.0445. The fourth-order valence-electron chi connectivity index (χ4n) is 3.53. The van der Waals surface area contributed by atoms with Crippen LogP contribution in [-0.4, -0.2) is 38.1 Å². The van der Waals surface area contributed by atoms with Gasteiger partial charge in [0.05, 0.1) is 14.2 Å². The lowest BCUT2D eigenvalue weighted by molar-refractivity contribution is 0.0712. The molecule has 3 rings (SSSR count). The largest absolute Gasteiger partial charge is 0.496 e. The Morgan fingerprint density at radius 2 is 1.56 bits per heavy atom. The van der Waals surface area contributed by atoms with Gasteiger partial charge >= 0.3 is 0 Å². The lowest BCUT2D eigenvalue weighted by Crippen LogP contribution is -2.37. The number of carbonyl (C=O) groups is 1. The first kappa shape index (κ1) is 17.3. The third-order valence-corrected chi connectivity index (χ3v) is 5.05. The molecular formula is C21H25NO3. The second kappa shape index (κ2) is 7.60. The molecule has 4 heteroatoms. The van der Waals surface area contributed by atoms with Crippen molar-refractivity contribution in [2.45, 2.75) is 25.7 Å². The van der Waals surface area contributed by atoms with E-state index in [0.29, 0.717) is 23.0 Å². The Morgan fingerprint density at radius 1 is 1.00 bits per heavy atom. The van der Waals surface area contributed by atoms with E-state index in [1.54, 1.807) is 14.2 Å². The van der Waals surface area contributed by atoms with E-state index in [1.165, 1.54) is 5.56 Å². The van der Waals surface area contributed by atoms with Crippen LogP contribution in [0.4, 0.5) is 0 Å². The quantitative estimate of drug-likeness (QED) is 0.844. The van der Waals surface area contributed by atoms with Crippen LogP contribution in [0.5, 0.6) is 11.5 Å². The molecule has 0 bridgehead atoms. The molecule has 0 aliphatic carbocycles. The van der Waals surface area contributed by atoms with Crippen molar-refractivity contribution >= 4 is 5.91 Å². The van der Waals surface area contributed by atoms with Crippen molar-refractivity contribution in [3.8, 4) is 11.5 Å². The maximum absolute atomic E-state index is 12.9. The summed E-state index contributed by atoms with van der Waals surface area (Å²) in [6.45, 7) is 3.48. The highest BCUT2D eigenvalue weighted by molar-refractivity contribution is 5.95. The van der Waals surface area contributed by atoms with E-state index in [1.807, 2.05) is 30.0 Å². The van der Waals surface area contributed by atoms with Gasteiger partial charge in [-0.15, -0.1) is 0 Å². The molecule has 4 nitrogen and oxygen atoms in total. The van der Waals surface area contributed by atoms with Gasteiger partial charge in [0, 0.05) is 24.2 Å². The zero-order valence-corrected chi connectivity index (χ0v) is 15.1. The zero-order valence-electron chi connectivity index (χ0n) is 15.1. The van der Waals surface area contributed by atoms with Crippen LogP contribution in [0.25, 0.3) is 0 Å². The fraction of sp³-hybridized carbons (Fsp3) is 0.381. The number of hydrogen-bond donors (Lipinski definition) is 0. The van der Waals surface area contributed by atoms with Gasteiger partial charge in [-0.2, -0.15) is 0 Å². The Kier molecular flexibility index (Phi) is 5.27. The molecule has 1 saturated heterocycles. The second-order valence-corrected chi connectivity index (χ2v) is 6.48. The number of amides is 1. The van der Waals surface area contributed by atoms with Gasteiger partial charge in [0.25, 0.3) is 5.91 Å². The molecule has 132 valence electrons. The average Bonchev–Trinajstić information content (AvgIpc) is 2.68. The summed E-state index contributed by atoms with van der Waals surface area (Å²) in [6, 6.07) is 14.2. The van der Waals surface area contributed by atoms with Crippen LogP contribution in [0, 0.1) is 6.92 Å². The van der Waals surface area contributed by atoms with E-state index >= 15 is 0 Å². The molecule has 2 aromatic rings. The van der Waals surface area contributed by atoms with Crippen molar-refractivity contribution in [3.05, 3.63) is 59.2 Å². The van der Waals surface area contributed by atoms with E-state index in [2.05, 4.69) is 24.3 Å². The molecule has 0 spiro atoms. The molecule has 1 fully saturated rings. The Bertz CT molecular complexity index is 709. The van der Waals surface area contributed by atoms with Crippen LogP contribution in [0.15, 0.2) is 42.5 Å². The Balaban J connectivity index is 1.72. The van der Waals surface area contributed by atoms with E-state index in [4.69, 9.17) is 9.47 Å². The topological polar surface area (TPSA) is 38.8 Å². The Labute approximate surface area is 149 Å². The molecule has 0 N–H and O–H groups in total. The predicted molar refractivity (Wildman–Crippen MR) is 98.6 cm³/mol. The Hall–Kier alpha value is -2.49. The molecule has 1 aliphatic heterocycles. The molecule has 0 radical (unpaired) electrons. The Morgan fingerprint density at radius 3 is 2.08 bits per heavy atom. The second-order valence-electron chi connectivity index (χ2n) is 6.48. The first-order chi connectivity index (χ1) is 12.1. The first-order valence-electron chi connectivity index (χ1n) is 8.71. The maximum atomic E-state index is 12.9. The van der Waals surface area contributed by atoms with E-state index < -0.39 is 0 Å². The number of carbonyl (C=O) groups excluding carboxylic acids is 1. The molecule has 0 aromatic heterocycles. The van der Waals surface area contributed by atoms with Crippen molar-refractivity contribution in [1.82, 2.24) is 4.90 Å². The summed E-state index contributed by atoms with van der Waals surface area (Å²) in [7, 11) is 3.22. The number of likely N-dealkylation sites (tertiary alicyclic amines) is 1. The summed E-state index contributed by atoms with van der Waals surface area (Å²) in [5.74, 6) is 1.94. The van der Waals surface area contributed by atoms with Crippen molar-refractivity contribution in [3.63, 3.8) is 0 Å². The van der Waals surface area contributed by atoms with Gasteiger partial charge in [-0.25, -0.2) is 0 Å². The molecule has 0 unspecified atom stereocenters. The van der Waals surface area contributed by atoms with Gasteiger partial charge in [-0.3, -0.25) is 4.79 Å². The summed E-state index contributed by atoms with van der Waals surface area (Å²) in [6.07, 6.45) is 1.99. The number of piperidine rings is 1. The molecule has 0 saturated carbocycles. The van der Waals surface area contributed by atoms with Crippen LogP contribution in [0.3, 0.4) is 0 Å². The molecule has 25 heavy (non-hydrogen) atoms. The highest BCUT2D eigenvalue weighted by Crippen LogP contribution is 2.32. The molecule has 1 heterocycles. The van der Waals surface area contributed by atoms with E-state index in [9.17, 15) is 4.79 Å². The predicted octanol–water partition coefficient (Wildman–Crippen LogP) is 4.03. The van der Waals surface area contributed by atoms with Gasteiger partial charge in [0.2, 0.25) is 0 Å². The maximum Gasteiger partial charge on any atom is 0.254 e. The molecule has 0 atom stereocenters. The van der Waals surface area contributed by atoms with Gasteiger partial charge in [0.1, 0.15) is 11.5 Å². The average molecular weight is 339 g/mol. The van der Waals surface area contributed by atoms with Crippen LogP contribution < -0.4 is 9.47 Å². The molecular weight excluding hydrogens is 314 g/mol. The van der Waals surface area contributed by atoms with Crippen LogP contribution in [-0.2, 0) is 0 Å². The third-order valence-electron chi connectivity index (χ3n) is 5.05. The van der Waals surface area contributed by atoms with E-state index in [-0.39, 0.29) is 5.91 Å². The third kappa shape index (κ3) is 3.63. The summed E-state index contributed by atoms with van der Waals surface area (Å²) in [5.41, 5.74) is 2.90. The molecule has 2 aromatic carbocycles. The van der Waals surface area contributed by atoms with Gasteiger partial charge in [0.15, 0.2) is 0 Å². The first-order valence-corrected chi connectivity index (χ1v) is 8.71. The zero-order chi connectivity index (χ0) is 17.8. The summed E-state index contributed by atoms with van der Waals surface area (Å²) >= 11 is 0. The highest BCUT2D eigenvalue weighted by atomic mass is 16.5. The molecule has 1 aliphatic rings. The summed E-state index contributed by atoms with van der Waals surface area (Å²) in [4.78, 5) is 14.8. The minimum Gasteiger partial charge on any atom is -0.496 e. The van der Waals surface area contributed by atoms with Crippen molar-refractivity contribution in [1.29, 1.82) is 0 Å². The lowest BCUT2D eigenvalue weighted by atomic mass is 9.89. The standard InChI is InChI=1S/C21H25NO3/c1-15-19(24-2)13-18(14-20(15)25-3)21(23)22-11-9-17(10-12-22)16-7-5-4-6-8-16/h4-8,13-14,17H,9-12H2,1-3H3. The van der Waals surface area contributed by atoms with Crippen LogP contribution in [0.1, 0.15) is 40.2 Å². The fourth-order valence-corrected chi connectivity index (χ4v) is 3.53. The van der Waals surface area contributed by atoms with Gasteiger partial charge in [-0.05, 0) is 43.4 Å². The van der Waals surface area contributed by atoms with Crippen molar-refractivity contribution < 1.29 is 14.3 Å². The number of rotatable bonds is 4. The minimum atomic E-state index is 0.0445. The number of hydrogen-bond acceptors (Lipinski definition) is 3. The van der Waals surface area contributed by atoms with Crippen LogP contribution in [0.2, 0.25) is 0 Å². The smallest absolute Gasteiger partial charge is 0.254 e. The number of nitrogens with zero attached hydrogens (tertiary/aromatic N) is 1. The number of methoxy groups -OCH3 is 2. The van der Waals surface area contributed by atoms with Gasteiger partial charge in [-0.1, -0.05) is 30.3 Å². The highest BCUT2D eigenvalue weighted by Gasteiger charge is 2.25. The van der Waals surface area contributed by atoms with Gasteiger partial charge < -0.3 is 14.4 Å². The van der Waals surface area contributed by atoms with Crippen molar-refractivity contribution in [2.24, 2.45) is 0 Å². The lowest BCUT2D eigenvalue weighted by Gasteiger charge is -2.32. The number of ether oxygens (including phenoxy) is 2. The monoisotopic (exact) mass is 339 g/mol.